The average Bonchev–Trinajstić information content (AvgIpc) is 2.97. The molecule has 30 heavy (non-hydrogen) atoms. The van der Waals surface area contributed by atoms with Crippen LogP contribution in [0.1, 0.15) is 0 Å². The Morgan fingerprint density at radius 1 is 1.33 bits per heavy atom. The minimum absolute atomic E-state index is 0.0272. The van der Waals surface area contributed by atoms with Gasteiger partial charge in [-0.25, -0.2) is 0 Å². The number of para-hydroxylation sites is 1. The van der Waals surface area contributed by atoms with Crippen LogP contribution >= 0.6 is 11.9 Å². The van der Waals surface area contributed by atoms with Crippen molar-refractivity contribution in [1.82, 2.24) is 9.78 Å². The van der Waals surface area contributed by atoms with Gasteiger partial charge >= 0.3 is 0 Å². The Bertz CT molecular complexity index is 1030. The number of aryl methyl sites for hydroxylation is 1. The zero-order valence-corrected chi connectivity index (χ0v) is 17.8. The van der Waals surface area contributed by atoms with Crippen LogP contribution in [0.25, 0.3) is 11.3 Å². The zero-order chi connectivity index (χ0) is 21.3. The number of nitrogens with one attached hydrogen (secondary N) is 1. The Balaban J connectivity index is 1.79. The Morgan fingerprint density at radius 2 is 2.17 bits per heavy atom. The van der Waals surface area contributed by atoms with Crippen molar-refractivity contribution < 1.29 is 4.74 Å². The van der Waals surface area contributed by atoms with Crippen LogP contribution in [0, 0.1) is 0 Å². The molecule has 1 atom stereocenters. The summed E-state index contributed by atoms with van der Waals surface area (Å²) in [5.74, 6) is 1.57. The van der Waals surface area contributed by atoms with Gasteiger partial charge in [-0.1, -0.05) is 61.7 Å². The van der Waals surface area contributed by atoms with Crippen molar-refractivity contribution >= 4 is 17.8 Å². The minimum Gasteiger partial charge on any atom is -0.488 e. The Morgan fingerprint density at radius 3 is 2.93 bits per heavy atom. The van der Waals surface area contributed by atoms with Crippen LogP contribution in [0.2, 0.25) is 0 Å². The summed E-state index contributed by atoms with van der Waals surface area (Å²) in [4.78, 5) is 1.01. The summed E-state index contributed by atoms with van der Waals surface area (Å²) in [6.45, 7) is 7.97. The number of rotatable bonds is 9. The minimum atomic E-state index is 0.0272. The summed E-state index contributed by atoms with van der Waals surface area (Å²) in [5, 5.41) is 13.7. The second-order valence-corrected chi connectivity index (χ2v) is 7.31. The fourth-order valence-electron chi connectivity index (χ4n) is 3.02. The summed E-state index contributed by atoms with van der Waals surface area (Å²) in [5.41, 5.74) is 2.89. The lowest BCUT2D eigenvalue weighted by molar-refractivity contribution is 0.357. The molecule has 0 amide bonds. The number of ether oxygens (including phenoxy) is 1. The third kappa shape index (κ3) is 5.43. The van der Waals surface area contributed by atoms with Gasteiger partial charge in [-0.05, 0) is 41.8 Å². The van der Waals surface area contributed by atoms with Gasteiger partial charge in [0, 0.05) is 23.6 Å². The fourth-order valence-corrected chi connectivity index (χ4v) is 3.33. The molecule has 1 aromatic carbocycles. The molecule has 1 aliphatic rings. The molecule has 0 saturated carbocycles. The molecule has 0 bridgehead atoms. The first-order valence-electron chi connectivity index (χ1n) is 9.55. The summed E-state index contributed by atoms with van der Waals surface area (Å²) in [7, 11) is 1.92. The highest BCUT2D eigenvalue weighted by atomic mass is 32.2. The third-order valence-corrected chi connectivity index (χ3v) is 5.07. The summed E-state index contributed by atoms with van der Waals surface area (Å²) in [6, 6.07) is 9.98. The molecule has 0 saturated heterocycles. The summed E-state index contributed by atoms with van der Waals surface area (Å²) < 4.78 is 7.91. The van der Waals surface area contributed by atoms with Gasteiger partial charge in [-0.2, -0.15) is 5.10 Å². The van der Waals surface area contributed by atoms with E-state index in [9.17, 15) is 0 Å². The van der Waals surface area contributed by atoms with Crippen LogP contribution in [-0.2, 0) is 7.05 Å². The molecule has 0 spiro atoms. The first kappa shape index (κ1) is 21.5. The number of allylic oxidation sites excluding steroid dienone is 5. The predicted octanol–water partition coefficient (Wildman–Crippen LogP) is 5.16. The lowest BCUT2D eigenvalue weighted by Crippen LogP contribution is -2.13. The Labute approximate surface area is 182 Å². The van der Waals surface area contributed by atoms with Crippen LogP contribution < -0.4 is 15.2 Å². The fraction of sp³-hybridized carbons (Fsp3) is 0.125. The third-order valence-electron chi connectivity index (χ3n) is 4.53. The van der Waals surface area contributed by atoms with Gasteiger partial charge in [0.2, 0.25) is 0 Å². The van der Waals surface area contributed by atoms with Gasteiger partial charge in [0.05, 0.1) is 11.7 Å². The highest BCUT2D eigenvalue weighted by Crippen LogP contribution is 2.31. The van der Waals surface area contributed by atoms with Crippen LogP contribution in [0.4, 0.5) is 5.82 Å². The Kier molecular flexibility index (Phi) is 7.54. The molecule has 3 N–H and O–H groups in total. The number of nitrogens with zero attached hydrogens (tertiary/aromatic N) is 2. The second-order valence-electron chi connectivity index (χ2n) is 6.61. The molecule has 154 valence electrons. The normalized spacial score (nSPS) is 16.0. The first-order chi connectivity index (χ1) is 14.6. The van der Waals surface area contributed by atoms with E-state index in [1.54, 1.807) is 12.2 Å². The maximum atomic E-state index is 6.06. The maximum absolute atomic E-state index is 6.06. The summed E-state index contributed by atoms with van der Waals surface area (Å²) >= 11 is 1.23. The number of benzene rings is 1. The molecule has 5 nitrogen and oxygen atoms in total. The molecule has 1 heterocycles. The quantitative estimate of drug-likeness (QED) is 0.435. The SMILES string of the molecule is C=C/C=C(\C=C)COc1ccccc1-c1cc(NC2C=CC=C(SN)C=C2)nn1C. The molecule has 0 radical (unpaired) electrons. The van der Waals surface area contributed by atoms with E-state index < -0.39 is 0 Å². The molecule has 2 aromatic rings. The predicted molar refractivity (Wildman–Crippen MR) is 128 cm³/mol. The van der Waals surface area contributed by atoms with Crippen LogP contribution in [0.3, 0.4) is 0 Å². The topological polar surface area (TPSA) is 65.1 Å². The van der Waals surface area contributed by atoms with Gasteiger partial charge < -0.3 is 10.1 Å². The molecule has 1 unspecified atom stereocenters. The van der Waals surface area contributed by atoms with E-state index in [2.05, 4.69) is 35.7 Å². The van der Waals surface area contributed by atoms with Gasteiger partial charge in [-0.15, -0.1) is 0 Å². The molecular formula is C24H26N4OS. The van der Waals surface area contributed by atoms with Crippen molar-refractivity contribution in [3.05, 3.63) is 103 Å². The second kappa shape index (κ2) is 10.5. The zero-order valence-electron chi connectivity index (χ0n) is 17.0. The molecule has 6 heteroatoms. The molecule has 0 fully saturated rings. The largest absolute Gasteiger partial charge is 0.488 e. The first-order valence-corrected chi connectivity index (χ1v) is 10.4. The molecule has 3 rings (SSSR count). The van der Waals surface area contributed by atoms with Crippen LogP contribution in [-0.4, -0.2) is 22.4 Å². The number of nitrogens with two attached hydrogens (primary N) is 1. The maximum Gasteiger partial charge on any atom is 0.149 e. The molecular weight excluding hydrogens is 392 g/mol. The Hall–Kier alpha value is -3.22. The molecule has 0 aliphatic heterocycles. The lowest BCUT2D eigenvalue weighted by atomic mass is 10.1. The van der Waals surface area contributed by atoms with Gasteiger partial charge in [0.1, 0.15) is 18.2 Å². The van der Waals surface area contributed by atoms with Gasteiger partial charge in [0.25, 0.3) is 0 Å². The lowest BCUT2D eigenvalue weighted by Gasteiger charge is -2.12. The number of hydrogen-bond donors (Lipinski definition) is 2. The van der Waals surface area contributed by atoms with Gasteiger partial charge in [0.15, 0.2) is 0 Å². The van der Waals surface area contributed by atoms with E-state index in [0.717, 1.165) is 33.3 Å². The smallest absolute Gasteiger partial charge is 0.149 e. The van der Waals surface area contributed by atoms with Crippen molar-refractivity contribution in [2.45, 2.75) is 6.04 Å². The van der Waals surface area contributed by atoms with E-state index in [-0.39, 0.29) is 6.04 Å². The van der Waals surface area contributed by atoms with Crippen LogP contribution in [0.5, 0.6) is 5.75 Å². The van der Waals surface area contributed by atoms with E-state index >= 15 is 0 Å². The van der Waals surface area contributed by atoms with Crippen molar-refractivity contribution in [2.24, 2.45) is 12.2 Å². The molecule has 1 aliphatic carbocycles. The van der Waals surface area contributed by atoms with E-state index in [0.29, 0.717) is 6.61 Å². The number of aromatic nitrogens is 2. The number of hydrogen-bond acceptors (Lipinski definition) is 5. The standard InChI is InChI=1S/C24H26N4OS/c1-4-9-18(5-2)17-29-23-13-7-6-12-21(23)22-16-24(27-28(22)3)26-19-10-8-11-20(30-25)15-14-19/h4-16,19H,1-2,17,25H2,3H3,(H,26,27)/b18-9+. The van der Waals surface area contributed by atoms with Crippen molar-refractivity contribution in [3.8, 4) is 17.0 Å². The number of anilines is 1. The van der Waals surface area contributed by atoms with Crippen molar-refractivity contribution in [2.75, 3.05) is 11.9 Å². The van der Waals surface area contributed by atoms with E-state index in [4.69, 9.17) is 9.88 Å². The monoisotopic (exact) mass is 418 g/mol. The average molecular weight is 419 g/mol. The molecule has 1 aromatic heterocycles. The summed E-state index contributed by atoms with van der Waals surface area (Å²) in [6.07, 6.45) is 15.5. The van der Waals surface area contributed by atoms with Gasteiger partial charge in [-0.3, -0.25) is 9.82 Å². The van der Waals surface area contributed by atoms with E-state index in [1.807, 2.05) is 66.4 Å². The van der Waals surface area contributed by atoms with Crippen LogP contribution in [0.15, 0.2) is 103 Å². The highest BCUT2D eigenvalue weighted by Gasteiger charge is 2.14. The highest BCUT2D eigenvalue weighted by molar-refractivity contribution is 8.01. The van der Waals surface area contributed by atoms with Crippen molar-refractivity contribution in [3.63, 3.8) is 0 Å². The van der Waals surface area contributed by atoms with Crippen molar-refractivity contribution in [1.29, 1.82) is 0 Å². The van der Waals surface area contributed by atoms with E-state index in [1.165, 1.54) is 11.9 Å².